The fourth-order valence-corrected chi connectivity index (χ4v) is 4.63. The molecule has 31 heavy (non-hydrogen) atoms. The van der Waals surface area contributed by atoms with Crippen LogP contribution < -0.4 is 21.1 Å². The first-order valence-electron chi connectivity index (χ1n) is 10.1. The van der Waals surface area contributed by atoms with Crippen LogP contribution in [0, 0.1) is 12.8 Å². The molecule has 2 aromatic carbocycles. The lowest BCUT2D eigenvalue weighted by Crippen LogP contribution is -2.50. The zero-order valence-corrected chi connectivity index (χ0v) is 18.9. The number of hydrogen-bond donors (Lipinski definition) is 3. The minimum Gasteiger partial charge on any atom is -0.325 e. The van der Waals surface area contributed by atoms with E-state index in [0.29, 0.717) is 22.4 Å². The Balaban J connectivity index is 1.54. The summed E-state index contributed by atoms with van der Waals surface area (Å²) in [6.45, 7) is 4.48. The third-order valence-electron chi connectivity index (χ3n) is 5.33. The van der Waals surface area contributed by atoms with Gasteiger partial charge in [0.25, 0.3) is 0 Å². The van der Waals surface area contributed by atoms with Gasteiger partial charge in [-0.05, 0) is 42.7 Å². The van der Waals surface area contributed by atoms with Crippen LogP contribution in [0.1, 0.15) is 18.1 Å². The number of carbonyl (C=O) groups is 2. The summed E-state index contributed by atoms with van der Waals surface area (Å²) in [6, 6.07) is 13.2. The van der Waals surface area contributed by atoms with E-state index in [2.05, 4.69) is 23.1 Å². The van der Waals surface area contributed by atoms with Gasteiger partial charge in [0, 0.05) is 17.3 Å². The molecule has 2 heterocycles. The molecular formula is C22H24ClN5O2S. The topological polar surface area (TPSA) is 85.8 Å². The number of nitrogens with zero attached hydrogens (tertiary/aromatic N) is 2. The summed E-state index contributed by atoms with van der Waals surface area (Å²) in [5.74, 6) is -0.374. The highest BCUT2D eigenvalue weighted by Crippen LogP contribution is 2.31. The van der Waals surface area contributed by atoms with Gasteiger partial charge >= 0.3 is 0 Å². The molecular weight excluding hydrogens is 434 g/mol. The molecule has 2 amide bonds. The Morgan fingerprint density at radius 3 is 2.90 bits per heavy atom. The lowest BCUT2D eigenvalue weighted by atomic mass is 10.0. The fraction of sp³-hybridized carbons (Fsp3) is 0.318. The van der Waals surface area contributed by atoms with E-state index in [0.717, 1.165) is 23.2 Å². The number of nitrogens with one attached hydrogen (secondary N) is 3. The van der Waals surface area contributed by atoms with Crippen LogP contribution in [0.15, 0.2) is 47.5 Å². The molecule has 3 N–H and O–H groups in total. The summed E-state index contributed by atoms with van der Waals surface area (Å²) in [5.41, 5.74) is 9.52. The van der Waals surface area contributed by atoms with E-state index in [1.165, 1.54) is 11.8 Å². The molecule has 0 bridgehead atoms. The van der Waals surface area contributed by atoms with Crippen molar-refractivity contribution in [2.45, 2.75) is 26.4 Å². The average Bonchev–Trinajstić information content (AvgIpc) is 3.24. The second-order valence-corrected chi connectivity index (χ2v) is 8.79. The van der Waals surface area contributed by atoms with Crippen LogP contribution in [0.25, 0.3) is 0 Å². The minimum absolute atomic E-state index is 0.0216. The second-order valence-electron chi connectivity index (χ2n) is 7.44. The van der Waals surface area contributed by atoms with Crippen molar-refractivity contribution in [3.05, 3.63) is 58.6 Å². The summed E-state index contributed by atoms with van der Waals surface area (Å²) in [5, 5.41) is 3.97. The Labute approximate surface area is 190 Å². The first-order chi connectivity index (χ1) is 15.0. The monoisotopic (exact) mass is 457 g/mol. The number of anilines is 2. The van der Waals surface area contributed by atoms with Gasteiger partial charge in [-0.1, -0.05) is 54.6 Å². The van der Waals surface area contributed by atoms with Crippen LogP contribution in [0.2, 0.25) is 5.02 Å². The van der Waals surface area contributed by atoms with Gasteiger partial charge in [0.1, 0.15) is 6.17 Å². The molecule has 2 aromatic rings. The number of aliphatic imine (C=N–C) groups is 1. The van der Waals surface area contributed by atoms with Crippen LogP contribution in [0.5, 0.6) is 0 Å². The van der Waals surface area contributed by atoms with Crippen molar-refractivity contribution in [2.24, 2.45) is 10.9 Å². The Morgan fingerprint density at radius 2 is 2.13 bits per heavy atom. The number of carbonyl (C=O) groups excluding carboxylic acids is 2. The van der Waals surface area contributed by atoms with E-state index in [1.54, 1.807) is 11.0 Å². The van der Waals surface area contributed by atoms with Crippen molar-refractivity contribution >= 4 is 51.7 Å². The molecule has 2 aliphatic rings. The molecule has 4 rings (SSSR count). The van der Waals surface area contributed by atoms with Gasteiger partial charge < -0.3 is 5.32 Å². The number of benzene rings is 2. The van der Waals surface area contributed by atoms with Crippen molar-refractivity contribution in [1.82, 2.24) is 10.9 Å². The molecule has 0 saturated carbocycles. The lowest BCUT2D eigenvalue weighted by molar-refractivity contribution is -0.121. The van der Waals surface area contributed by atoms with Crippen molar-refractivity contribution in [3.8, 4) is 0 Å². The minimum atomic E-state index is -0.334. The number of fused-ring (bicyclic) bond motifs is 1. The van der Waals surface area contributed by atoms with Crippen molar-refractivity contribution in [3.63, 3.8) is 0 Å². The van der Waals surface area contributed by atoms with Crippen LogP contribution in [0.3, 0.4) is 0 Å². The fourth-order valence-electron chi connectivity index (χ4n) is 3.62. The number of aryl methyl sites for hydroxylation is 2. The summed E-state index contributed by atoms with van der Waals surface area (Å²) in [7, 11) is 0. The van der Waals surface area contributed by atoms with Crippen LogP contribution >= 0.6 is 23.4 Å². The maximum absolute atomic E-state index is 13.3. The third-order valence-corrected chi connectivity index (χ3v) is 6.69. The van der Waals surface area contributed by atoms with Gasteiger partial charge in [0.05, 0.1) is 17.4 Å². The van der Waals surface area contributed by atoms with E-state index < -0.39 is 0 Å². The molecule has 2 atom stereocenters. The van der Waals surface area contributed by atoms with Crippen molar-refractivity contribution < 1.29 is 9.59 Å². The molecule has 0 spiro atoms. The number of hydrazine groups is 1. The van der Waals surface area contributed by atoms with Crippen LogP contribution in [-0.2, 0) is 16.0 Å². The summed E-state index contributed by atoms with van der Waals surface area (Å²) in [6.07, 6.45) is 0.455. The van der Waals surface area contributed by atoms with Crippen molar-refractivity contribution in [1.29, 1.82) is 0 Å². The van der Waals surface area contributed by atoms with Gasteiger partial charge in [-0.3, -0.25) is 19.9 Å². The highest BCUT2D eigenvalue weighted by molar-refractivity contribution is 8.14. The van der Waals surface area contributed by atoms with Gasteiger partial charge in [-0.25, -0.2) is 10.4 Å². The zero-order chi connectivity index (χ0) is 22.0. The number of para-hydroxylation sites is 1. The molecule has 9 heteroatoms. The van der Waals surface area contributed by atoms with Gasteiger partial charge in [0.2, 0.25) is 11.8 Å². The summed E-state index contributed by atoms with van der Waals surface area (Å²) in [4.78, 5) is 32.3. The molecule has 0 aliphatic carbocycles. The third kappa shape index (κ3) is 4.62. The number of halogens is 1. The molecule has 0 aromatic heterocycles. The molecule has 1 fully saturated rings. The second kappa shape index (κ2) is 9.40. The maximum Gasteiger partial charge on any atom is 0.241 e. The molecule has 2 aliphatic heterocycles. The highest BCUT2D eigenvalue weighted by atomic mass is 35.5. The smallest absolute Gasteiger partial charge is 0.241 e. The first kappa shape index (κ1) is 21.8. The molecule has 7 nitrogen and oxygen atoms in total. The summed E-state index contributed by atoms with van der Waals surface area (Å²) >= 11 is 7.40. The van der Waals surface area contributed by atoms with E-state index in [4.69, 9.17) is 16.6 Å². The predicted octanol–water partition coefficient (Wildman–Crippen LogP) is 3.34. The molecule has 162 valence electrons. The van der Waals surface area contributed by atoms with Gasteiger partial charge in [-0.2, -0.15) is 0 Å². The number of hydrogen-bond acceptors (Lipinski definition) is 6. The summed E-state index contributed by atoms with van der Waals surface area (Å²) < 4.78 is 0. The molecule has 1 saturated heterocycles. The highest BCUT2D eigenvalue weighted by Gasteiger charge is 2.42. The zero-order valence-electron chi connectivity index (χ0n) is 17.3. The van der Waals surface area contributed by atoms with E-state index in [9.17, 15) is 9.59 Å². The normalized spacial score (nSPS) is 20.4. The standard InChI is InChI=1S/C22H24ClN5O2S/c1-3-14-6-4-5-7-18(14)28-21(30)16-11-24-27-20(16)26-22(28)31-12-19(29)25-15-9-8-13(2)17(23)10-15/h4-10,16,20,24,27H,3,11-12H2,1-2H3,(H,25,29). The van der Waals surface area contributed by atoms with Crippen molar-refractivity contribution in [2.75, 3.05) is 22.5 Å². The van der Waals surface area contributed by atoms with Gasteiger partial charge in [-0.15, -0.1) is 0 Å². The lowest BCUT2D eigenvalue weighted by Gasteiger charge is -2.33. The van der Waals surface area contributed by atoms with Gasteiger partial charge in [0.15, 0.2) is 5.17 Å². The Bertz CT molecular complexity index is 1040. The average molecular weight is 458 g/mol. The van der Waals surface area contributed by atoms with Crippen LogP contribution in [0.4, 0.5) is 11.4 Å². The number of amides is 2. The Kier molecular flexibility index (Phi) is 6.62. The number of rotatable bonds is 5. The molecule has 0 radical (unpaired) electrons. The first-order valence-corrected chi connectivity index (χ1v) is 11.5. The molecule has 2 unspecified atom stereocenters. The number of amidine groups is 1. The largest absolute Gasteiger partial charge is 0.325 e. The quantitative estimate of drug-likeness (QED) is 0.641. The van der Waals surface area contributed by atoms with E-state index in [-0.39, 0.29) is 29.7 Å². The Morgan fingerprint density at radius 1 is 1.32 bits per heavy atom. The number of thioether (sulfide) groups is 1. The van der Waals surface area contributed by atoms with E-state index >= 15 is 0 Å². The SMILES string of the molecule is CCc1ccccc1N1C(=O)C2CNNC2N=C1SCC(=O)Nc1ccc(C)c(Cl)c1. The van der Waals surface area contributed by atoms with E-state index in [1.807, 2.05) is 43.3 Å². The maximum atomic E-state index is 13.3. The van der Waals surface area contributed by atoms with Crippen LogP contribution in [-0.4, -0.2) is 35.4 Å². The predicted molar refractivity (Wildman–Crippen MR) is 126 cm³/mol. The Hall–Kier alpha value is -2.39.